The molecule has 2 aliphatic rings. The number of nitrogens with one attached hydrogen (secondary N) is 1. The van der Waals surface area contributed by atoms with Crippen LogP contribution in [0.25, 0.3) is 0 Å². The summed E-state index contributed by atoms with van der Waals surface area (Å²) in [4.78, 5) is 14.4. The van der Waals surface area contributed by atoms with Crippen LogP contribution in [-0.2, 0) is 4.79 Å². The van der Waals surface area contributed by atoms with E-state index in [0.29, 0.717) is 23.0 Å². The van der Waals surface area contributed by atoms with E-state index in [4.69, 9.17) is 11.6 Å². The van der Waals surface area contributed by atoms with Crippen molar-refractivity contribution in [2.24, 2.45) is 5.92 Å². The van der Waals surface area contributed by atoms with Crippen molar-refractivity contribution in [2.75, 3.05) is 20.1 Å². The summed E-state index contributed by atoms with van der Waals surface area (Å²) in [6.07, 6.45) is 2.68. The quantitative estimate of drug-likeness (QED) is 0.931. The molecule has 1 saturated heterocycles. The zero-order valence-electron chi connectivity index (χ0n) is 12.1. The Hall–Kier alpha value is -1.13. The smallest absolute Gasteiger partial charge is 0.226 e. The van der Waals surface area contributed by atoms with Gasteiger partial charge < -0.3 is 10.2 Å². The van der Waals surface area contributed by atoms with Gasteiger partial charge in [0.05, 0.1) is 0 Å². The summed E-state index contributed by atoms with van der Waals surface area (Å²) in [6, 6.07) is 5.01. The van der Waals surface area contributed by atoms with E-state index in [1.807, 2.05) is 11.9 Å². The maximum atomic E-state index is 13.9. The van der Waals surface area contributed by atoms with Crippen LogP contribution >= 0.6 is 11.6 Å². The molecule has 21 heavy (non-hydrogen) atoms. The molecule has 5 heteroatoms. The lowest BCUT2D eigenvalue weighted by atomic mass is 10.0. The van der Waals surface area contributed by atoms with Crippen LogP contribution in [-0.4, -0.2) is 37.0 Å². The number of nitrogens with zero attached hydrogens (tertiary/aromatic N) is 1. The highest BCUT2D eigenvalue weighted by Crippen LogP contribution is 2.51. The van der Waals surface area contributed by atoms with Gasteiger partial charge in [0.1, 0.15) is 5.82 Å². The highest BCUT2D eigenvalue weighted by atomic mass is 35.5. The van der Waals surface area contributed by atoms with E-state index < -0.39 is 0 Å². The molecule has 1 amide bonds. The molecule has 1 saturated carbocycles. The average Bonchev–Trinajstić information content (AvgIpc) is 3.27. The molecule has 3 nitrogen and oxygen atoms in total. The second-order valence-electron chi connectivity index (χ2n) is 6.01. The maximum Gasteiger partial charge on any atom is 0.226 e. The van der Waals surface area contributed by atoms with Crippen LogP contribution in [0.2, 0.25) is 5.02 Å². The van der Waals surface area contributed by atoms with Gasteiger partial charge >= 0.3 is 0 Å². The van der Waals surface area contributed by atoms with Crippen LogP contribution in [0.3, 0.4) is 0 Å². The highest BCUT2D eigenvalue weighted by Gasteiger charge is 2.48. The molecule has 2 atom stereocenters. The molecule has 114 valence electrons. The number of rotatable bonds is 3. The van der Waals surface area contributed by atoms with Crippen molar-refractivity contribution < 1.29 is 9.18 Å². The third kappa shape index (κ3) is 2.92. The third-order valence-corrected chi connectivity index (χ3v) is 5.01. The fraction of sp³-hybridized carbons (Fsp3) is 0.562. The number of hydrogen-bond donors (Lipinski definition) is 1. The predicted octanol–water partition coefficient (Wildman–Crippen LogP) is 2.79. The van der Waals surface area contributed by atoms with E-state index in [2.05, 4.69) is 5.32 Å². The molecule has 1 aliphatic heterocycles. The molecule has 1 aliphatic carbocycles. The van der Waals surface area contributed by atoms with Crippen LogP contribution in [0.1, 0.15) is 30.7 Å². The summed E-state index contributed by atoms with van der Waals surface area (Å²) in [5, 5.41) is 3.73. The predicted molar refractivity (Wildman–Crippen MR) is 80.9 cm³/mol. The Morgan fingerprint density at radius 1 is 1.38 bits per heavy atom. The molecule has 0 radical (unpaired) electrons. The molecule has 1 aromatic carbocycles. The highest BCUT2D eigenvalue weighted by molar-refractivity contribution is 6.31. The molecule has 2 fully saturated rings. The molecule has 0 spiro atoms. The lowest BCUT2D eigenvalue weighted by Gasteiger charge is -2.32. The van der Waals surface area contributed by atoms with Gasteiger partial charge in [0.15, 0.2) is 0 Å². The van der Waals surface area contributed by atoms with Crippen molar-refractivity contribution in [3.8, 4) is 0 Å². The number of amides is 1. The first-order chi connectivity index (χ1) is 10.1. The van der Waals surface area contributed by atoms with E-state index in [9.17, 15) is 9.18 Å². The van der Waals surface area contributed by atoms with Crippen LogP contribution in [0.5, 0.6) is 0 Å². The minimum absolute atomic E-state index is 0.0598. The first-order valence-corrected chi connectivity index (χ1v) is 7.88. The van der Waals surface area contributed by atoms with Crippen LogP contribution in [0, 0.1) is 11.7 Å². The van der Waals surface area contributed by atoms with E-state index >= 15 is 0 Å². The molecule has 1 N–H and O–H groups in total. The maximum absolute atomic E-state index is 13.9. The summed E-state index contributed by atoms with van der Waals surface area (Å²) < 4.78 is 13.9. The number of benzene rings is 1. The Labute approximate surface area is 129 Å². The summed E-state index contributed by atoms with van der Waals surface area (Å²) in [5.74, 6) is -0.340. The fourth-order valence-corrected chi connectivity index (χ4v) is 3.59. The monoisotopic (exact) mass is 310 g/mol. The lowest BCUT2D eigenvalue weighted by Crippen LogP contribution is -2.44. The van der Waals surface area contributed by atoms with Crippen molar-refractivity contribution >= 4 is 17.5 Å². The Kier molecular flexibility index (Phi) is 4.18. The zero-order chi connectivity index (χ0) is 15.0. The van der Waals surface area contributed by atoms with Crippen LogP contribution in [0.15, 0.2) is 18.2 Å². The molecule has 0 bridgehead atoms. The SMILES string of the molecule is CN(C(=O)[C@@H]1C[C@H]1c1c(F)cccc1Cl)C1CCNCC1. The third-order valence-electron chi connectivity index (χ3n) is 4.68. The van der Waals surface area contributed by atoms with Gasteiger partial charge in [-0.15, -0.1) is 0 Å². The number of carbonyl (C=O) groups excluding carboxylic acids is 1. The summed E-state index contributed by atoms with van der Waals surface area (Å²) in [6.45, 7) is 1.91. The normalized spacial score (nSPS) is 25.7. The Bertz CT molecular complexity index is 525. The first-order valence-electron chi connectivity index (χ1n) is 7.51. The van der Waals surface area contributed by atoms with Gasteiger partial charge in [0.2, 0.25) is 5.91 Å². The van der Waals surface area contributed by atoms with E-state index in [0.717, 1.165) is 25.9 Å². The molecule has 0 unspecified atom stereocenters. The minimum atomic E-state index is -0.299. The van der Waals surface area contributed by atoms with E-state index in [-0.39, 0.29) is 23.6 Å². The summed E-state index contributed by atoms with van der Waals surface area (Å²) in [5.41, 5.74) is 0.510. The number of carbonyl (C=O) groups is 1. The van der Waals surface area contributed by atoms with Gasteiger partial charge in [-0.05, 0) is 44.5 Å². The lowest BCUT2D eigenvalue weighted by molar-refractivity contribution is -0.133. The topological polar surface area (TPSA) is 32.3 Å². The van der Waals surface area contributed by atoms with Crippen molar-refractivity contribution in [1.29, 1.82) is 0 Å². The first kappa shape index (κ1) is 14.8. The molecule has 3 rings (SSSR count). The fourth-order valence-electron chi connectivity index (χ4n) is 3.29. The second kappa shape index (κ2) is 5.93. The van der Waals surface area contributed by atoms with Crippen molar-refractivity contribution in [2.45, 2.75) is 31.2 Å². The standard InChI is InChI=1S/C16H20ClFN2O/c1-20(10-5-7-19-8-6-10)16(21)12-9-11(12)15-13(17)3-2-4-14(15)18/h2-4,10-12,19H,5-9H2,1H3/t11-,12-/m1/s1. The van der Waals surface area contributed by atoms with E-state index in [1.54, 1.807) is 12.1 Å². The molecular weight excluding hydrogens is 291 g/mol. The van der Waals surface area contributed by atoms with Crippen LogP contribution < -0.4 is 5.32 Å². The average molecular weight is 311 g/mol. The van der Waals surface area contributed by atoms with Crippen molar-refractivity contribution in [1.82, 2.24) is 10.2 Å². The summed E-state index contributed by atoms with van der Waals surface area (Å²) in [7, 11) is 1.87. The second-order valence-corrected chi connectivity index (χ2v) is 6.42. The molecule has 1 aromatic rings. The molecular formula is C16H20ClFN2O. The zero-order valence-corrected chi connectivity index (χ0v) is 12.9. The molecule has 0 aromatic heterocycles. The molecule has 1 heterocycles. The summed E-state index contributed by atoms with van der Waals surface area (Å²) >= 11 is 6.09. The Morgan fingerprint density at radius 2 is 2.10 bits per heavy atom. The van der Waals surface area contributed by atoms with Gasteiger partial charge in [-0.3, -0.25) is 4.79 Å². The van der Waals surface area contributed by atoms with Gasteiger partial charge in [-0.1, -0.05) is 17.7 Å². The largest absolute Gasteiger partial charge is 0.342 e. The Morgan fingerprint density at radius 3 is 2.76 bits per heavy atom. The van der Waals surface area contributed by atoms with Crippen molar-refractivity contribution in [3.05, 3.63) is 34.6 Å². The van der Waals surface area contributed by atoms with Gasteiger partial charge in [0.25, 0.3) is 0 Å². The Balaban J connectivity index is 1.68. The van der Waals surface area contributed by atoms with Crippen molar-refractivity contribution in [3.63, 3.8) is 0 Å². The number of hydrogen-bond acceptors (Lipinski definition) is 2. The van der Waals surface area contributed by atoms with Gasteiger partial charge in [-0.2, -0.15) is 0 Å². The van der Waals surface area contributed by atoms with Crippen LogP contribution in [0.4, 0.5) is 4.39 Å². The van der Waals surface area contributed by atoms with Gasteiger partial charge in [0, 0.05) is 35.5 Å². The number of halogens is 2. The van der Waals surface area contributed by atoms with Gasteiger partial charge in [-0.25, -0.2) is 4.39 Å². The number of piperidine rings is 1. The van der Waals surface area contributed by atoms with E-state index in [1.165, 1.54) is 6.07 Å². The minimum Gasteiger partial charge on any atom is -0.342 e.